The molecule has 0 bridgehead atoms. The standard InChI is InChI=1S/C15H18N2OS/c1-2-14(18)13-4-3-12(9-16-13)17-7-5-15-11(10-17)6-8-19-15/h3-4,6,8-9,14,18H,2,5,7,10H2,1H3. The summed E-state index contributed by atoms with van der Waals surface area (Å²) in [5, 5.41) is 11.9. The van der Waals surface area contributed by atoms with E-state index in [4.69, 9.17) is 0 Å². The number of hydrogen-bond acceptors (Lipinski definition) is 4. The Kier molecular flexibility index (Phi) is 3.53. The fraction of sp³-hybridized carbons (Fsp3) is 0.400. The topological polar surface area (TPSA) is 36.4 Å². The van der Waals surface area contributed by atoms with E-state index in [-0.39, 0.29) is 0 Å². The van der Waals surface area contributed by atoms with Crippen LogP contribution in [0.25, 0.3) is 0 Å². The molecule has 0 amide bonds. The monoisotopic (exact) mass is 274 g/mol. The van der Waals surface area contributed by atoms with Crippen molar-refractivity contribution >= 4 is 17.0 Å². The van der Waals surface area contributed by atoms with Crippen LogP contribution in [0.4, 0.5) is 5.69 Å². The van der Waals surface area contributed by atoms with E-state index in [9.17, 15) is 5.11 Å². The lowest BCUT2D eigenvalue weighted by atomic mass is 10.1. The van der Waals surface area contributed by atoms with Crippen LogP contribution in [0.5, 0.6) is 0 Å². The number of rotatable bonds is 3. The van der Waals surface area contributed by atoms with Gasteiger partial charge < -0.3 is 10.0 Å². The number of fused-ring (bicyclic) bond motifs is 1. The molecular weight excluding hydrogens is 256 g/mol. The molecule has 4 heteroatoms. The molecule has 0 aromatic carbocycles. The Morgan fingerprint density at radius 2 is 2.32 bits per heavy atom. The number of aliphatic hydroxyl groups is 1. The number of nitrogens with zero attached hydrogens (tertiary/aromatic N) is 2. The zero-order valence-corrected chi connectivity index (χ0v) is 11.9. The van der Waals surface area contributed by atoms with Crippen molar-refractivity contribution < 1.29 is 5.11 Å². The molecule has 0 aliphatic carbocycles. The predicted molar refractivity (Wildman–Crippen MR) is 78.6 cm³/mol. The Bertz CT molecular complexity index is 550. The second-order valence-corrected chi connectivity index (χ2v) is 5.91. The highest BCUT2D eigenvalue weighted by Crippen LogP contribution is 2.28. The smallest absolute Gasteiger partial charge is 0.0957 e. The zero-order valence-electron chi connectivity index (χ0n) is 11.0. The molecule has 1 unspecified atom stereocenters. The maximum absolute atomic E-state index is 9.76. The molecule has 1 atom stereocenters. The maximum atomic E-state index is 9.76. The average molecular weight is 274 g/mol. The van der Waals surface area contributed by atoms with Crippen molar-refractivity contribution in [1.29, 1.82) is 0 Å². The quantitative estimate of drug-likeness (QED) is 0.934. The van der Waals surface area contributed by atoms with E-state index in [2.05, 4.69) is 27.4 Å². The summed E-state index contributed by atoms with van der Waals surface area (Å²) in [5.74, 6) is 0. The normalized spacial score (nSPS) is 16.2. The second-order valence-electron chi connectivity index (χ2n) is 4.91. The molecule has 2 aromatic rings. The molecule has 0 saturated carbocycles. The fourth-order valence-electron chi connectivity index (χ4n) is 2.46. The van der Waals surface area contributed by atoms with Crippen LogP contribution in [-0.4, -0.2) is 16.6 Å². The van der Waals surface area contributed by atoms with Crippen LogP contribution in [0.3, 0.4) is 0 Å². The highest BCUT2D eigenvalue weighted by molar-refractivity contribution is 7.10. The Morgan fingerprint density at radius 3 is 3.05 bits per heavy atom. The van der Waals surface area contributed by atoms with Gasteiger partial charge in [0.2, 0.25) is 0 Å². The Hall–Kier alpha value is -1.39. The molecule has 100 valence electrons. The summed E-state index contributed by atoms with van der Waals surface area (Å²) in [6, 6.07) is 6.22. The first-order valence-electron chi connectivity index (χ1n) is 6.72. The third-order valence-corrected chi connectivity index (χ3v) is 4.69. The van der Waals surface area contributed by atoms with Gasteiger partial charge in [-0.3, -0.25) is 4.98 Å². The van der Waals surface area contributed by atoms with Gasteiger partial charge in [-0.05, 0) is 42.0 Å². The van der Waals surface area contributed by atoms with Crippen LogP contribution in [0.15, 0.2) is 29.8 Å². The molecule has 2 aromatic heterocycles. The van der Waals surface area contributed by atoms with Crippen molar-refractivity contribution in [2.45, 2.75) is 32.4 Å². The Labute approximate surface area is 117 Å². The number of anilines is 1. The highest BCUT2D eigenvalue weighted by atomic mass is 32.1. The van der Waals surface area contributed by atoms with E-state index >= 15 is 0 Å². The lowest BCUT2D eigenvalue weighted by Gasteiger charge is -2.28. The number of aliphatic hydroxyl groups excluding tert-OH is 1. The Morgan fingerprint density at radius 1 is 1.42 bits per heavy atom. The van der Waals surface area contributed by atoms with Gasteiger partial charge >= 0.3 is 0 Å². The SMILES string of the molecule is CCC(O)c1ccc(N2CCc3sccc3C2)cn1. The molecule has 0 fully saturated rings. The van der Waals surface area contributed by atoms with Gasteiger partial charge in [-0.15, -0.1) is 11.3 Å². The third-order valence-electron chi connectivity index (χ3n) is 3.67. The van der Waals surface area contributed by atoms with E-state index < -0.39 is 6.10 Å². The van der Waals surface area contributed by atoms with E-state index in [1.165, 1.54) is 10.4 Å². The van der Waals surface area contributed by atoms with E-state index in [0.717, 1.165) is 30.9 Å². The van der Waals surface area contributed by atoms with Gasteiger partial charge in [-0.2, -0.15) is 0 Å². The molecule has 1 aliphatic rings. The lowest BCUT2D eigenvalue weighted by molar-refractivity contribution is 0.169. The van der Waals surface area contributed by atoms with Gasteiger partial charge in [0.15, 0.2) is 0 Å². The van der Waals surface area contributed by atoms with Crippen molar-refractivity contribution in [3.05, 3.63) is 45.9 Å². The van der Waals surface area contributed by atoms with Crippen molar-refractivity contribution in [2.24, 2.45) is 0 Å². The van der Waals surface area contributed by atoms with Crippen LogP contribution in [0.1, 0.15) is 35.6 Å². The van der Waals surface area contributed by atoms with Gasteiger partial charge in [0, 0.05) is 18.0 Å². The van der Waals surface area contributed by atoms with E-state index in [1.807, 2.05) is 30.5 Å². The Balaban J connectivity index is 1.77. The minimum Gasteiger partial charge on any atom is -0.387 e. The molecule has 3 rings (SSSR count). The van der Waals surface area contributed by atoms with Crippen molar-refractivity contribution in [3.8, 4) is 0 Å². The van der Waals surface area contributed by atoms with Crippen LogP contribution in [0, 0.1) is 0 Å². The van der Waals surface area contributed by atoms with Gasteiger partial charge in [-0.25, -0.2) is 0 Å². The molecule has 0 radical (unpaired) electrons. The second kappa shape index (κ2) is 5.31. The predicted octanol–water partition coefficient (Wildman–Crippen LogP) is 3.15. The van der Waals surface area contributed by atoms with Gasteiger partial charge in [0.05, 0.1) is 23.7 Å². The third kappa shape index (κ3) is 2.51. The number of hydrogen-bond donors (Lipinski definition) is 1. The van der Waals surface area contributed by atoms with E-state index in [0.29, 0.717) is 6.42 Å². The minimum absolute atomic E-state index is 0.445. The molecule has 0 spiro atoms. The van der Waals surface area contributed by atoms with Crippen LogP contribution >= 0.6 is 11.3 Å². The van der Waals surface area contributed by atoms with Gasteiger partial charge in [-0.1, -0.05) is 6.92 Å². The molecule has 1 N–H and O–H groups in total. The van der Waals surface area contributed by atoms with Crippen molar-refractivity contribution in [3.63, 3.8) is 0 Å². The fourth-order valence-corrected chi connectivity index (χ4v) is 3.35. The summed E-state index contributed by atoms with van der Waals surface area (Å²) in [4.78, 5) is 8.25. The van der Waals surface area contributed by atoms with Crippen LogP contribution in [-0.2, 0) is 13.0 Å². The first-order valence-corrected chi connectivity index (χ1v) is 7.60. The first kappa shape index (κ1) is 12.6. The molecule has 3 nitrogen and oxygen atoms in total. The lowest BCUT2D eigenvalue weighted by Crippen LogP contribution is -2.29. The summed E-state index contributed by atoms with van der Waals surface area (Å²) in [7, 11) is 0. The molecule has 19 heavy (non-hydrogen) atoms. The summed E-state index contributed by atoms with van der Waals surface area (Å²) in [6.45, 7) is 3.98. The number of pyridine rings is 1. The van der Waals surface area contributed by atoms with Crippen LogP contribution in [0.2, 0.25) is 0 Å². The maximum Gasteiger partial charge on any atom is 0.0957 e. The molecule has 3 heterocycles. The average Bonchev–Trinajstić information content (AvgIpc) is 2.94. The highest BCUT2D eigenvalue weighted by Gasteiger charge is 2.18. The van der Waals surface area contributed by atoms with Crippen LogP contribution < -0.4 is 4.90 Å². The molecule has 0 saturated heterocycles. The largest absolute Gasteiger partial charge is 0.387 e. The first-order chi connectivity index (χ1) is 9.28. The number of thiophene rings is 1. The summed E-state index contributed by atoms with van der Waals surface area (Å²) < 4.78 is 0. The van der Waals surface area contributed by atoms with E-state index in [1.54, 1.807) is 0 Å². The summed E-state index contributed by atoms with van der Waals surface area (Å²) in [6.07, 6.45) is 3.26. The van der Waals surface area contributed by atoms with Gasteiger partial charge in [0.25, 0.3) is 0 Å². The van der Waals surface area contributed by atoms with Crippen molar-refractivity contribution in [2.75, 3.05) is 11.4 Å². The molecular formula is C15H18N2OS. The zero-order chi connectivity index (χ0) is 13.2. The van der Waals surface area contributed by atoms with Crippen molar-refractivity contribution in [1.82, 2.24) is 4.98 Å². The number of aromatic nitrogens is 1. The minimum atomic E-state index is -0.445. The van der Waals surface area contributed by atoms with Gasteiger partial charge in [0.1, 0.15) is 0 Å². The summed E-state index contributed by atoms with van der Waals surface area (Å²) in [5.41, 5.74) is 3.34. The molecule has 1 aliphatic heterocycles. The summed E-state index contributed by atoms with van der Waals surface area (Å²) >= 11 is 1.86.